The van der Waals surface area contributed by atoms with E-state index in [0.717, 1.165) is 0 Å². The zero-order chi connectivity index (χ0) is 31.8. The van der Waals surface area contributed by atoms with Crippen LogP contribution in [-0.4, -0.2) is 0 Å². The Morgan fingerprint density at radius 1 is 0.304 bits per heavy atom. The van der Waals surface area contributed by atoms with Gasteiger partial charge in [0.25, 0.3) is 0 Å². The Kier molecular flexibility index (Phi) is 6.38. The van der Waals surface area contributed by atoms with E-state index in [1.165, 1.54) is 87.2 Å². The summed E-state index contributed by atoms with van der Waals surface area (Å²) in [4.78, 5) is 0. The maximum atomic E-state index is 2.47. The van der Waals surface area contributed by atoms with Crippen LogP contribution in [0.3, 0.4) is 0 Å². The molecule has 0 saturated carbocycles. The summed E-state index contributed by atoms with van der Waals surface area (Å²) in [6, 6.07) is 50.5. The van der Waals surface area contributed by atoms with Crippen LogP contribution in [0.15, 0.2) is 133 Å². The molecular weight excluding hydrogens is 553 g/mol. The summed E-state index contributed by atoms with van der Waals surface area (Å²) in [6.07, 6.45) is 0. The fraction of sp³-hybridized carbons (Fsp3) is 0.174. The van der Waals surface area contributed by atoms with Crippen molar-refractivity contribution in [1.29, 1.82) is 0 Å². The Balaban J connectivity index is 1.54. The van der Waals surface area contributed by atoms with Gasteiger partial charge >= 0.3 is 0 Å². The van der Waals surface area contributed by atoms with Crippen molar-refractivity contribution in [3.05, 3.63) is 145 Å². The fourth-order valence-electron chi connectivity index (χ4n) is 7.17. The maximum Gasteiger partial charge on any atom is -0.00922 e. The number of benzene rings is 8. The van der Waals surface area contributed by atoms with Crippen molar-refractivity contribution in [2.24, 2.45) is 0 Å². The van der Waals surface area contributed by atoms with E-state index in [2.05, 4.69) is 175 Å². The molecule has 0 heterocycles. The van der Waals surface area contributed by atoms with Crippen molar-refractivity contribution in [2.45, 2.75) is 52.4 Å². The Hall–Kier alpha value is -4.94. The van der Waals surface area contributed by atoms with E-state index in [-0.39, 0.29) is 10.8 Å². The van der Waals surface area contributed by atoms with Gasteiger partial charge < -0.3 is 0 Å². The van der Waals surface area contributed by atoms with Crippen LogP contribution in [-0.2, 0) is 10.8 Å². The third kappa shape index (κ3) is 4.76. The van der Waals surface area contributed by atoms with Crippen molar-refractivity contribution in [1.82, 2.24) is 0 Å². The van der Waals surface area contributed by atoms with E-state index >= 15 is 0 Å². The minimum Gasteiger partial charge on any atom is -0.0616 e. The first-order valence-electron chi connectivity index (χ1n) is 16.5. The van der Waals surface area contributed by atoms with Gasteiger partial charge in [-0.2, -0.15) is 0 Å². The summed E-state index contributed by atoms with van der Waals surface area (Å²) in [5.41, 5.74) is 7.87. The molecule has 0 amide bonds. The molecule has 0 saturated heterocycles. The molecule has 0 aliphatic carbocycles. The van der Waals surface area contributed by atoms with E-state index in [1.54, 1.807) is 0 Å². The highest BCUT2D eigenvalue weighted by atomic mass is 14.2. The van der Waals surface area contributed by atoms with Crippen LogP contribution in [0.25, 0.3) is 76.1 Å². The Bertz CT molecular complexity index is 2300. The molecule has 0 atom stereocenters. The molecule has 0 spiro atoms. The highest BCUT2D eigenvalue weighted by molar-refractivity contribution is 6.24. The smallest absolute Gasteiger partial charge is 0.00922 e. The van der Waals surface area contributed by atoms with Crippen molar-refractivity contribution >= 4 is 53.9 Å². The molecular formula is C46H40. The van der Waals surface area contributed by atoms with Crippen LogP contribution >= 0.6 is 0 Å². The molecule has 0 heteroatoms. The zero-order valence-corrected chi connectivity index (χ0v) is 27.7. The van der Waals surface area contributed by atoms with Crippen LogP contribution in [0.2, 0.25) is 0 Å². The highest BCUT2D eigenvalue weighted by Gasteiger charge is 2.21. The molecule has 8 rings (SSSR count). The predicted octanol–water partition coefficient (Wildman–Crippen LogP) is 13.4. The van der Waals surface area contributed by atoms with E-state index in [1.807, 2.05) is 0 Å². The quantitative estimate of drug-likeness (QED) is 0.175. The van der Waals surface area contributed by atoms with Gasteiger partial charge in [-0.3, -0.25) is 0 Å². The minimum absolute atomic E-state index is 0.0386. The van der Waals surface area contributed by atoms with Gasteiger partial charge in [-0.15, -0.1) is 0 Å². The second-order valence-corrected chi connectivity index (χ2v) is 15.1. The van der Waals surface area contributed by atoms with Gasteiger partial charge in [-0.25, -0.2) is 0 Å². The summed E-state index contributed by atoms with van der Waals surface area (Å²) in [7, 11) is 0. The van der Waals surface area contributed by atoms with Gasteiger partial charge in [0, 0.05) is 0 Å². The van der Waals surface area contributed by atoms with Crippen LogP contribution < -0.4 is 0 Å². The highest BCUT2D eigenvalue weighted by Crippen LogP contribution is 2.44. The first-order valence-corrected chi connectivity index (χ1v) is 16.5. The Labute approximate surface area is 272 Å². The summed E-state index contributed by atoms with van der Waals surface area (Å²) in [6.45, 7) is 13.9. The van der Waals surface area contributed by atoms with Gasteiger partial charge in [-0.05, 0) is 134 Å². The maximum absolute atomic E-state index is 2.47. The van der Waals surface area contributed by atoms with Crippen molar-refractivity contribution in [3.63, 3.8) is 0 Å². The van der Waals surface area contributed by atoms with E-state index in [9.17, 15) is 0 Å². The van der Waals surface area contributed by atoms with Crippen molar-refractivity contribution in [2.75, 3.05) is 0 Å². The first kappa shape index (κ1) is 28.5. The molecule has 0 fully saturated rings. The minimum atomic E-state index is 0.0386. The molecule has 224 valence electrons. The molecule has 0 aliphatic rings. The topological polar surface area (TPSA) is 0 Å². The van der Waals surface area contributed by atoms with Gasteiger partial charge in [0.05, 0.1) is 0 Å². The molecule has 8 aromatic carbocycles. The molecule has 0 N–H and O–H groups in total. The molecule has 0 radical (unpaired) electrons. The molecule has 0 aromatic heterocycles. The summed E-state index contributed by atoms with van der Waals surface area (Å²) in [5, 5.41) is 12.9. The molecule has 8 aromatic rings. The Morgan fingerprint density at radius 2 is 0.674 bits per heavy atom. The van der Waals surface area contributed by atoms with Gasteiger partial charge in [0.15, 0.2) is 0 Å². The number of hydrogen-bond donors (Lipinski definition) is 0. The summed E-state index contributed by atoms with van der Waals surface area (Å²) < 4.78 is 0. The van der Waals surface area contributed by atoms with Crippen LogP contribution in [0.4, 0.5) is 0 Å². The van der Waals surface area contributed by atoms with E-state index in [4.69, 9.17) is 0 Å². The fourth-order valence-corrected chi connectivity index (χ4v) is 7.17. The van der Waals surface area contributed by atoms with Gasteiger partial charge in [0.2, 0.25) is 0 Å². The average molecular weight is 593 g/mol. The summed E-state index contributed by atoms with van der Waals surface area (Å²) >= 11 is 0. The third-order valence-corrected chi connectivity index (χ3v) is 9.92. The van der Waals surface area contributed by atoms with E-state index in [0.29, 0.717) is 0 Å². The van der Waals surface area contributed by atoms with Crippen molar-refractivity contribution in [3.8, 4) is 22.3 Å². The average Bonchev–Trinajstić information content (AvgIpc) is 3.05. The zero-order valence-electron chi connectivity index (χ0n) is 27.7. The van der Waals surface area contributed by atoms with Crippen molar-refractivity contribution < 1.29 is 0 Å². The molecule has 0 unspecified atom stereocenters. The lowest BCUT2D eigenvalue weighted by molar-refractivity contribution is 0.591. The molecule has 0 bridgehead atoms. The lowest BCUT2D eigenvalue weighted by Gasteiger charge is -2.23. The van der Waals surface area contributed by atoms with Gasteiger partial charge in [-0.1, -0.05) is 139 Å². The second-order valence-electron chi connectivity index (χ2n) is 15.1. The molecule has 46 heavy (non-hydrogen) atoms. The Morgan fingerprint density at radius 3 is 1.07 bits per heavy atom. The molecule has 0 aliphatic heterocycles. The number of rotatable bonds is 2. The largest absolute Gasteiger partial charge is 0.0616 e. The number of hydrogen-bond acceptors (Lipinski definition) is 0. The van der Waals surface area contributed by atoms with Crippen LogP contribution in [0.5, 0.6) is 0 Å². The lowest BCUT2D eigenvalue weighted by Crippen LogP contribution is -2.11. The SMILES string of the molecule is CC(C)(C)c1ccc2c(-c3ccc4ccccc4c3)cc3c4cc(C(C)(C)C)ccc4c(-c4ccc5ccccc5c4)cc3c2c1. The third-order valence-electron chi connectivity index (χ3n) is 9.92. The lowest BCUT2D eigenvalue weighted by atomic mass is 9.81. The first-order chi connectivity index (χ1) is 22.0. The number of fused-ring (bicyclic) bond motifs is 7. The van der Waals surface area contributed by atoms with Crippen LogP contribution in [0.1, 0.15) is 52.7 Å². The van der Waals surface area contributed by atoms with E-state index < -0.39 is 0 Å². The molecule has 0 nitrogen and oxygen atoms in total. The van der Waals surface area contributed by atoms with Crippen LogP contribution in [0, 0.1) is 0 Å². The standard InChI is InChI=1S/C46H40/c1-45(2,3)35-19-21-37-39(33-17-15-29-11-7-9-13-31(29)23-33)28-44-42-26-36(46(4,5)6)20-22-38(42)40(27-43(44)41(37)25-35)34-18-16-30-12-8-10-14-32(30)24-34/h7-28H,1-6H3. The van der Waals surface area contributed by atoms with Gasteiger partial charge in [0.1, 0.15) is 0 Å². The second kappa shape index (κ2) is 10.3. The monoisotopic (exact) mass is 592 g/mol. The summed E-state index contributed by atoms with van der Waals surface area (Å²) in [5.74, 6) is 0. The normalized spacial score (nSPS) is 12.6. The predicted molar refractivity (Wildman–Crippen MR) is 202 cm³/mol.